The van der Waals surface area contributed by atoms with E-state index >= 15 is 0 Å². The van der Waals surface area contributed by atoms with Gasteiger partial charge in [0.2, 0.25) is 0 Å². The van der Waals surface area contributed by atoms with Crippen molar-refractivity contribution in [2.75, 3.05) is 4.90 Å². The van der Waals surface area contributed by atoms with Crippen molar-refractivity contribution in [1.29, 1.82) is 0 Å². The number of hydrogen-bond acceptors (Lipinski definition) is 1. The van der Waals surface area contributed by atoms with Gasteiger partial charge in [0.25, 0.3) is 0 Å². The topological polar surface area (TPSA) is 8.17 Å². The molecule has 0 amide bonds. The van der Waals surface area contributed by atoms with Crippen LogP contribution in [0.5, 0.6) is 0 Å². The second-order valence-corrected chi connectivity index (χ2v) is 17.2. The zero-order valence-electron chi connectivity index (χ0n) is 34.8. The van der Waals surface area contributed by atoms with Crippen LogP contribution in [0, 0.1) is 0 Å². The van der Waals surface area contributed by atoms with E-state index in [-0.39, 0.29) is 0 Å². The molecular weight excluding hydrogens is 773 g/mol. The van der Waals surface area contributed by atoms with E-state index in [2.05, 4.69) is 240 Å². The minimum absolute atomic E-state index is 1.10. The molecule has 1 heterocycles. The summed E-state index contributed by atoms with van der Waals surface area (Å²) in [6.45, 7) is 0. The highest BCUT2D eigenvalue weighted by molar-refractivity contribution is 6.37. The Balaban J connectivity index is 1.06. The lowest BCUT2D eigenvalue weighted by Gasteiger charge is -2.28. The average molecular weight is 811 g/mol. The van der Waals surface area contributed by atoms with Crippen LogP contribution in [-0.4, -0.2) is 4.57 Å². The molecule has 0 aliphatic carbocycles. The summed E-state index contributed by atoms with van der Waals surface area (Å²) in [5, 5.41) is 20.2. The van der Waals surface area contributed by atoms with Crippen molar-refractivity contribution in [3.05, 3.63) is 231 Å². The number of benzene rings is 12. The zero-order chi connectivity index (χ0) is 41.9. The number of para-hydroxylation sites is 2. The first-order valence-electron chi connectivity index (χ1n) is 22.2. The molecular formula is C62H38N2. The fraction of sp³-hybridized carbons (Fsp3) is 0. The van der Waals surface area contributed by atoms with Crippen LogP contribution in [0.4, 0.5) is 17.1 Å². The van der Waals surface area contributed by atoms with Gasteiger partial charge in [-0.2, -0.15) is 0 Å². The van der Waals surface area contributed by atoms with Crippen LogP contribution in [0.1, 0.15) is 0 Å². The molecule has 0 spiro atoms. The fourth-order valence-corrected chi connectivity index (χ4v) is 11.1. The first kappa shape index (κ1) is 35.2. The molecule has 0 aliphatic rings. The maximum Gasteiger partial charge on any atom is 0.0541 e. The van der Waals surface area contributed by atoms with Crippen LogP contribution in [0.2, 0.25) is 0 Å². The molecule has 2 heteroatoms. The van der Waals surface area contributed by atoms with Crippen molar-refractivity contribution in [1.82, 2.24) is 4.57 Å². The number of hydrogen-bond donors (Lipinski definition) is 0. The summed E-state index contributed by atoms with van der Waals surface area (Å²) in [5.41, 5.74) is 9.28. The molecule has 2 nitrogen and oxygen atoms in total. The molecule has 1 aromatic heterocycles. The largest absolute Gasteiger partial charge is 0.310 e. The summed E-state index contributed by atoms with van der Waals surface area (Å²) < 4.78 is 2.38. The summed E-state index contributed by atoms with van der Waals surface area (Å²) in [7, 11) is 0. The van der Waals surface area contributed by atoms with Crippen molar-refractivity contribution in [2.24, 2.45) is 0 Å². The van der Waals surface area contributed by atoms with Crippen molar-refractivity contribution in [3.8, 4) is 16.8 Å². The lowest BCUT2D eigenvalue weighted by molar-refractivity contribution is 1.18. The zero-order valence-corrected chi connectivity index (χ0v) is 34.8. The summed E-state index contributed by atoms with van der Waals surface area (Å²) in [6.07, 6.45) is 0. The van der Waals surface area contributed by atoms with Crippen molar-refractivity contribution in [3.63, 3.8) is 0 Å². The minimum atomic E-state index is 1.10. The lowest BCUT2D eigenvalue weighted by Crippen LogP contribution is -2.11. The van der Waals surface area contributed by atoms with E-state index < -0.39 is 0 Å². The third-order valence-electron chi connectivity index (χ3n) is 13.8. The summed E-state index contributed by atoms with van der Waals surface area (Å²) >= 11 is 0. The maximum absolute atomic E-state index is 2.49. The Morgan fingerprint density at radius 3 is 1.55 bits per heavy atom. The van der Waals surface area contributed by atoms with Crippen LogP contribution in [0.25, 0.3) is 114 Å². The summed E-state index contributed by atoms with van der Waals surface area (Å²) in [4.78, 5) is 2.49. The first-order chi connectivity index (χ1) is 31.7. The lowest BCUT2D eigenvalue weighted by atomic mass is 9.87. The van der Waals surface area contributed by atoms with Crippen LogP contribution in [-0.2, 0) is 0 Å². The van der Waals surface area contributed by atoms with Gasteiger partial charge < -0.3 is 9.47 Å². The summed E-state index contributed by atoms with van der Waals surface area (Å²) in [5.74, 6) is 0. The molecule has 14 aromatic rings. The van der Waals surface area contributed by atoms with Crippen LogP contribution >= 0.6 is 0 Å². The average Bonchev–Trinajstić information content (AvgIpc) is 3.69. The maximum atomic E-state index is 2.49. The van der Waals surface area contributed by atoms with Crippen molar-refractivity contribution in [2.45, 2.75) is 0 Å². The Kier molecular flexibility index (Phi) is 7.43. The van der Waals surface area contributed by atoms with E-state index in [1.54, 1.807) is 0 Å². The third kappa shape index (κ3) is 5.08. The first-order valence-corrected chi connectivity index (χ1v) is 22.2. The van der Waals surface area contributed by atoms with Gasteiger partial charge in [-0.05, 0) is 142 Å². The molecule has 0 radical (unpaired) electrons. The Morgan fingerprint density at radius 1 is 0.266 bits per heavy atom. The molecule has 0 fully saturated rings. The molecule has 0 aliphatic heterocycles. The van der Waals surface area contributed by atoms with Crippen LogP contribution in [0.3, 0.4) is 0 Å². The Labute approximate surface area is 369 Å². The molecule has 0 saturated carbocycles. The van der Waals surface area contributed by atoms with Gasteiger partial charge in [-0.25, -0.2) is 0 Å². The number of anilines is 3. The molecule has 13 aromatic carbocycles. The van der Waals surface area contributed by atoms with E-state index in [1.165, 1.54) is 108 Å². The van der Waals surface area contributed by atoms with Gasteiger partial charge in [0.05, 0.1) is 16.7 Å². The predicted molar refractivity (Wildman–Crippen MR) is 275 cm³/mol. The predicted octanol–water partition coefficient (Wildman–Crippen LogP) is 17.4. The Hall–Kier alpha value is -8.46. The quantitative estimate of drug-likeness (QED) is 0.157. The SMILES string of the molecule is c1ccc(-n2c3ccccc3c3cc(-c4cccc(N(c5cc6ccc7cccc8c9cccc%10ccc%11cccc(c(c5)c6c78)c%11c%109)c5cccc6ccccc56)c4)ccc32)cc1. The summed E-state index contributed by atoms with van der Waals surface area (Å²) in [6, 6.07) is 85.6. The van der Waals surface area contributed by atoms with Gasteiger partial charge in [-0.15, -0.1) is 0 Å². The monoisotopic (exact) mass is 810 g/mol. The van der Waals surface area contributed by atoms with E-state index in [1.807, 2.05) is 0 Å². The second kappa shape index (κ2) is 13.5. The van der Waals surface area contributed by atoms with Gasteiger partial charge in [-0.3, -0.25) is 0 Å². The highest BCUT2D eigenvalue weighted by Crippen LogP contribution is 2.47. The second-order valence-electron chi connectivity index (χ2n) is 17.2. The van der Waals surface area contributed by atoms with Crippen LogP contribution < -0.4 is 4.90 Å². The molecule has 296 valence electrons. The highest BCUT2D eigenvalue weighted by atomic mass is 15.1. The van der Waals surface area contributed by atoms with Gasteiger partial charge in [0.15, 0.2) is 0 Å². The molecule has 0 saturated heterocycles. The highest BCUT2D eigenvalue weighted by Gasteiger charge is 2.21. The van der Waals surface area contributed by atoms with E-state index in [0.29, 0.717) is 0 Å². The van der Waals surface area contributed by atoms with Crippen molar-refractivity contribution >= 4 is 114 Å². The molecule has 0 bridgehead atoms. The smallest absolute Gasteiger partial charge is 0.0541 e. The molecule has 64 heavy (non-hydrogen) atoms. The number of fused-ring (bicyclic) bond motifs is 6. The third-order valence-corrected chi connectivity index (χ3v) is 13.8. The fourth-order valence-electron chi connectivity index (χ4n) is 11.1. The van der Waals surface area contributed by atoms with Gasteiger partial charge in [0.1, 0.15) is 0 Å². The van der Waals surface area contributed by atoms with E-state index in [4.69, 9.17) is 0 Å². The molecule has 0 atom stereocenters. The minimum Gasteiger partial charge on any atom is -0.310 e. The number of rotatable bonds is 5. The van der Waals surface area contributed by atoms with E-state index in [0.717, 1.165) is 22.7 Å². The van der Waals surface area contributed by atoms with Crippen molar-refractivity contribution < 1.29 is 0 Å². The molecule has 14 rings (SSSR count). The Morgan fingerprint density at radius 2 is 0.797 bits per heavy atom. The number of aromatic nitrogens is 1. The van der Waals surface area contributed by atoms with Gasteiger partial charge >= 0.3 is 0 Å². The number of nitrogens with zero attached hydrogens (tertiary/aromatic N) is 2. The molecule has 0 unspecified atom stereocenters. The van der Waals surface area contributed by atoms with Gasteiger partial charge in [-0.1, -0.05) is 170 Å². The molecule has 0 N–H and O–H groups in total. The van der Waals surface area contributed by atoms with Gasteiger partial charge in [0, 0.05) is 33.2 Å². The van der Waals surface area contributed by atoms with Crippen LogP contribution in [0.15, 0.2) is 231 Å². The Bertz CT molecular complexity index is 4190. The normalized spacial score (nSPS) is 12.1. The van der Waals surface area contributed by atoms with E-state index in [9.17, 15) is 0 Å². The standard InChI is InChI=1S/C62H38N2/c1-2-19-46(20-3-1)64-57-27-7-6-23-50(57)54-37-44(33-34-58(54)64)43-18-8-21-47(35-43)63(56-28-12-14-39-13-4-5-22-49(39)56)48-36-45-32-31-42-16-10-25-52-51-24-9-15-40-29-30-41-17-11-26-53(61(41)59(40)51)55(38-48)62(45)60(42)52/h1-38H.